The fourth-order valence-electron chi connectivity index (χ4n) is 1.86. The van der Waals surface area contributed by atoms with E-state index in [-0.39, 0.29) is 11.3 Å². The first kappa shape index (κ1) is 10.3. The highest BCUT2D eigenvalue weighted by Crippen LogP contribution is 2.50. The minimum atomic E-state index is -0.277. The maximum Gasteiger partial charge on any atom is 0.165 e. The molecule has 0 amide bonds. The Kier molecular flexibility index (Phi) is 2.15. The Labute approximate surface area is 89.9 Å². The normalized spacial score (nSPS) is 17.6. The van der Waals surface area contributed by atoms with Crippen LogP contribution in [0.3, 0.4) is 0 Å². The molecule has 0 aromatic heterocycles. The Morgan fingerprint density at radius 3 is 2.47 bits per heavy atom. The molecule has 0 atom stereocenters. The van der Waals surface area contributed by atoms with Crippen LogP contribution >= 0.6 is 0 Å². The fraction of sp³-hybridized carbons (Fsp3) is 0.500. The van der Waals surface area contributed by atoms with Gasteiger partial charge in [-0.25, -0.2) is 0 Å². The molecule has 0 heterocycles. The smallest absolute Gasteiger partial charge is 0.165 e. The molecular formula is C12H17NO2. The van der Waals surface area contributed by atoms with Gasteiger partial charge in [0.2, 0.25) is 0 Å². The van der Waals surface area contributed by atoms with E-state index < -0.39 is 0 Å². The number of aromatic hydroxyl groups is 1. The highest BCUT2D eigenvalue weighted by Gasteiger charge is 2.43. The Morgan fingerprint density at radius 2 is 2.00 bits per heavy atom. The topological polar surface area (TPSA) is 55.5 Å². The minimum absolute atomic E-state index is 0.226. The number of methoxy groups -OCH3 is 1. The summed E-state index contributed by atoms with van der Waals surface area (Å²) in [5, 5.41) is 9.97. The SMILES string of the molecule is COc1c(C2(N)CC2)cc(C)c(C)c1O. The summed E-state index contributed by atoms with van der Waals surface area (Å²) in [5.74, 6) is 0.766. The third-order valence-electron chi connectivity index (χ3n) is 3.30. The highest BCUT2D eigenvalue weighted by molar-refractivity contribution is 5.57. The molecule has 3 heteroatoms. The van der Waals surface area contributed by atoms with Crippen molar-refractivity contribution in [3.05, 3.63) is 22.8 Å². The number of phenols is 1. The molecule has 1 aliphatic carbocycles. The van der Waals surface area contributed by atoms with E-state index in [0.717, 1.165) is 29.5 Å². The van der Waals surface area contributed by atoms with Crippen molar-refractivity contribution in [2.45, 2.75) is 32.2 Å². The molecule has 15 heavy (non-hydrogen) atoms. The zero-order valence-electron chi connectivity index (χ0n) is 9.42. The molecule has 82 valence electrons. The minimum Gasteiger partial charge on any atom is -0.504 e. The average molecular weight is 207 g/mol. The molecule has 3 nitrogen and oxygen atoms in total. The number of nitrogens with two attached hydrogens (primary N) is 1. The maximum absolute atomic E-state index is 9.97. The molecule has 0 unspecified atom stereocenters. The maximum atomic E-state index is 9.97. The molecular weight excluding hydrogens is 190 g/mol. The summed E-state index contributed by atoms with van der Waals surface area (Å²) in [5.41, 5.74) is 8.72. The van der Waals surface area contributed by atoms with Crippen LogP contribution in [0.15, 0.2) is 6.07 Å². The first-order valence-corrected chi connectivity index (χ1v) is 5.16. The third kappa shape index (κ3) is 1.47. The van der Waals surface area contributed by atoms with Gasteiger partial charge in [-0.1, -0.05) is 0 Å². The van der Waals surface area contributed by atoms with E-state index in [4.69, 9.17) is 10.5 Å². The van der Waals surface area contributed by atoms with Crippen molar-refractivity contribution in [3.63, 3.8) is 0 Å². The number of aryl methyl sites for hydroxylation is 1. The predicted octanol–water partition coefficient (Wildman–Crippen LogP) is 1.97. The van der Waals surface area contributed by atoms with Crippen LogP contribution in [0.25, 0.3) is 0 Å². The summed E-state index contributed by atoms with van der Waals surface area (Å²) in [6.07, 6.45) is 1.93. The lowest BCUT2D eigenvalue weighted by molar-refractivity contribution is 0.363. The zero-order valence-corrected chi connectivity index (χ0v) is 9.42. The van der Waals surface area contributed by atoms with Crippen molar-refractivity contribution in [1.82, 2.24) is 0 Å². The molecule has 1 aromatic rings. The van der Waals surface area contributed by atoms with Crippen LogP contribution in [0.5, 0.6) is 11.5 Å². The molecule has 1 aliphatic rings. The lowest BCUT2D eigenvalue weighted by Gasteiger charge is -2.18. The molecule has 0 saturated heterocycles. The summed E-state index contributed by atoms with van der Waals surface area (Å²) in [6.45, 7) is 3.86. The Morgan fingerprint density at radius 1 is 1.40 bits per heavy atom. The molecule has 2 rings (SSSR count). The number of hydrogen-bond donors (Lipinski definition) is 2. The van der Waals surface area contributed by atoms with Crippen molar-refractivity contribution in [2.75, 3.05) is 7.11 Å². The van der Waals surface area contributed by atoms with Crippen molar-refractivity contribution >= 4 is 0 Å². The Balaban J connectivity index is 2.63. The summed E-state index contributed by atoms with van der Waals surface area (Å²) in [4.78, 5) is 0. The molecule has 0 spiro atoms. The number of benzene rings is 1. The van der Waals surface area contributed by atoms with Gasteiger partial charge in [0.15, 0.2) is 11.5 Å². The highest BCUT2D eigenvalue weighted by atomic mass is 16.5. The average Bonchev–Trinajstić information content (AvgIpc) is 2.94. The monoisotopic (exact) mass is 207 g/mol. The first-order chi connectivity index (χ1) is 6.99. The van der Waals surface area contributed by atoms with Crippen LogP contribution in [-0.2, 0) is 5.54 Å². The fourth-order valence-corrected chi connectivity index (χ4v) is 1.86. The van der Waals surface area contributed by atoms with Gasteiger partial charge in [-0.15, -0.1) is 0 Å². The van der Waals surface area contributed by atoms with Crippen molar-refractivity contribution < 1.29 is 9.84 Å². The quantitative estimate of drug-likeness (QED) is 0.779. The summed E-state index contributed by atoms with van der Waals surface area (Å²) in [6, 6.07) is 2.03. The van der Waals surface area contributed by atoms with Crippen molar-refractivity contribution in [3.8, 4) is 11.5 Å². The Bertz CT molecular complexity index is 409. The molecule has 1 aromatic carbocycles. The van der Waals surface area contributed by atoms with Gasteiger partial charge in [0, 0.05) is 11.1 Å². The molecule has 0 aliphatic heterocycles. The van der Waals surface area contributed by atoms with Gasteiger partial charge in [-0.05, 0) is 43.9 Å². The lowest BCUT2D eigenvalue weighted by Crippen LogP contribution is -2.20. The summed E-state index contributed by atoms with van der Waals surface area (Å²) < 4.78 is 5.25. The first-order valence-electron chi connectivity index (χ1n) is 5.16. The lowest BCUT2D eigenvalue weighted by atomic mass is 9.97. The summed E-state index contributed by atoms with van der Waals surface area (Å²) >= 11 is 0. The van der Waals surface area contributed by atoms with Gasteiger partial charge in [-0.3, -0.25) is 0 Å². The van der Waals surface area contributed by atoms with Gasteiger partial charge in [0.05, 0.1) is 7.11 Å². The molecule has 0 bridgehead atoms. The number of ether oxygens (including phenoxy) is 1. The number of phenolic OH excluding ortho intramolecular Hbond substituents is 1. The van der Waals surface area contributed by atoms with E-state index in [1.54, 1.807) is 7.11 Å². The van der Waals surface area contributed by atoms with Gasteiger partial charge in [0.1, 0.15) is 0 Å². The van der Waals surface area contributed by atoms with Crippen LogP contribution in [0.4, 0.5) is 0 Å². The van der Waals surface area contributed by atoms with E-state index in [1.165, 1.54) is 0 Å². The van der Waals surface area contributed by atoms with Gasteiger partial charge < -0.3 is 15.6 Å². The third-order valence-corrected chi connectivity index (χ3v) is 3.30. The molecule has 1 saturated carbocycles. The molecule has 0 radical (unpaired) electrons. The van der Waals surface area contributed by atoms with E-state index in [1.807, 2.05) is 19.9 Å². The van der Waals surface area contributed by atoms with Crippen LogP contribution in [0, 0.1) is 13.8 Å². The largest absolute Gasteiger partial charge is 0.504 e. The molecule has 1 fully saturated rings. The van der Waals surface area contributed by atoms with Crippen LogP contribution in [0.1, 0.15) is 29.5 Å². The van der Waals surface area contributed by atoms with Crippen molar-refractivity contribution in [2.24, 2.45) is 5.73 Å². The number of hydrogen-bond acceptors (Lipinski definition) is 3. The molecule has 3 N–H and O–H groups in total. The second-order valence-corrected chi connectivity index (χ2v) is 4.40. The second kappa shape index (κ2) is 3.14. The van der Waals surface area contributed by atoms with E-state index in [2.05, 4.69) is 0 Å². The second-order valence-electron chi connectivity index (χ2n) is 4.40. The zero-order chi connectivity index (χ0) is 11.2. The standard InChI is InChI=1S/C12H17NO2/c1-7-6-9(12(13)4-5-12)11(15-3)10(14)8(7)2/h6,14H,4-5,13H2,1-3H3. The Hall–Kier alpha value is -1.22. The van der Waals surface area contributed by atoms with E-state index in [9.17, 15) is 5.11 Å². The van der Waals surface area contributed by atoms with Crippen LogP contribution in [-0.4, -0.2) is 12.2 Å². The van der Waals surface area contributed by atoms with Crippen LogP contribution < -0.4 is 10.5 Å². The predicted molar refractivity (Wildman–Crippen MR) is 59.2 cm³/mol. The van der Waals surface area contributed by atoms with Gasteiger partial charge >= 0.3 is 0 Å². The van der Waals surface area contributed by atoms with Gasteiger partial charge in [-0.2, -0.15) is 0 Å². The van der Waals surface area contributed by atoms with E-state index in [0.29, 0.717) is 5.75 Å². The van der Waals surface area contributed by atoms with Gasteiger partial charge in [0.25, 0.3) is 0 Å². The summed E-state index contributed by atoms with van der Waals surface area (Å²) in [7, 11) is 1.57. The van der Waals surface area contributed by atoms with Crippen molar-refractivity contribution in [1.29, 1.82) is 0 Å². The van der Waals surface area contributed by atoms with Crippen LogP contribution in [0.2, 0.25) is 0 Å². The van der Waals surface area contributed by atoms with E-state index >= 15 is 0 Å². The number of rotatable bonds is 2.